The minimum absolute atomic E-state index is 0.0864. The van der Waals surface area contributed by atoms with Gasteiger partial charge in [-0.1, -0.05) is 46.3 Å². The Bertz CT molecular complexity index is 910. The summed E-state index contributed by atoms with van der Waals surface area (Å²) < 4.78 is 7.76. The molecule has 3 rings (SSSR count). The van der Waals surface area contributed by atoms with Gasteiger partial charge in [-0.25, -0.2) is 10.2 Å². The van der Waals surface area contributed by atoms with Crippen LogP contribution in [0, 0.1) is 0 Å². The molecule has 0 saturated heterocycles. The van der Waals surface area contributed by atoms with Crippen molar-refractivity contribution in [3.63, 3.8) is 0 Å². The van der Waals surface area contributed by atoms with E-state index in [4.69, 9.17) is 4.74 Å². The molecule has 0 atom stereocenters. The largest absolute Gasteiger partial charge is 0.443 e. The highest BCUT2D eigenvalue weighted by Crippen LogP contribution is 2.17. The number of halogens is 1. The van der Waals surface area contributed by atoms with Gasteiger partial charge in [-0.2, -0.15) is 0 Å². The summed E-state index contributed by atoms with van der Waals surface area (Å²) >= 11 is 3.38. The third-order valence-corrected chi connectivity index (χ3v) is 4.40. The first-order valence-corrected chi connectivity index (χ1v) is 8.63. The Hall–Kier alpha value is -3.06. The lowest BCUT2D eigenvalue weighted by Crippen LogP contribution is -2.42. The zero-order valence-electron chi connectivity index (χ0n) is 13.7. The second-order valence-electron chi connectivity index (χ2n) is 5.35. The Balaban J connectivity index is 1.58. The highest BCUT2D eigenvalue weighted by atomic mass is 79.9. The lowest BCUT2D eigenvalue weighted by Gasteiger charge is -2.12. The molecule has 0 aliphatic rings. The van der Waals surface area contributed by atoms with Crippen molar-refractivity contribution < 1.29 is 14.3 Å². The molecule has 0 unspecified atom stereocenters. The molecule has 1 aromatic heterocycles. The number of hydrogen-bond donors (Lipinski definition) is 2. The minimum atomic E-state index is -0.743. The average Bonchev–Trinajstić information content (AvgIpc) is 3.20. The molecule has 2 amide bonds. The number of nitrogens with one attached hydrogen (secondary N) is 2. The summed E-state index contributed by atoms with van der Waals surface area (Å²) in [4.78, 5) is 24.2. The fourth-order valence-electron chi connectivity index (χ4n) is 2.36. The SMILES string of the molecule is O=C(NNC(=O)c1ccccc1-n1cccc1)OCc1ccccc1Br. The van der Waals surface area contributed by atoms with Gasteiger partial charge in [0, 0.05) is 22.4 Å². The number of carbonyl (C=O) groups is 2. The van der Waals surface area contributed by atoms with Crippen LogP contribution in [0.25, 0.3) is 5.69 Å². The van der Waals surface area contributed by atoms with E-state index in [1.165, 1.54) is 0 Å². The monoisotopic (exact) mass is 413 g/mol. The predicted molar refractivity (Wildman–Crippen MR) is 101 cm³/mol. The number of benzene rings is 2. The molecule has 26 heavy (non-hydrogen) atoms. The molecule has 6 nitrogen and oxygen atoms in total. The van der Waals surface area contributed by atoms with Crippen molar-refractivity contribution in [2.45, 2.75) is 6.61 Å². The number of ether oxygens (including phenoxy) is 1. The van der Waals surface area contributed by atoms with E-state index >= 15 is 0 Å². The Morgan fingerprint density at radius 2 is 1.62 bits per heavy atom. The lowest BCUT2D eigenvalue weighted by molar-refractivity contribution is 0.0904. The molecule has 0 saturated carbocycles. The van der Waals surface area contributed by atoms with E-state index in [9.17, 15) is 9.59 Å². The van der Waals surface area contributed by atoms with Crippen molar-refractivity contribution in [3.05, 3.63) is 88.7 Å². The van der Waals surface area contributed by atoms with Crippen molar-refractivity contribution in [2.75, 3.05) is 0 Å². The molecule has 0 spiro atoms. The third-order valence-electron chi connectivity index (χ3n) is 3.63. The number of aromatic nitrogens is 1. The Morgan fingerprint density at radius 1 is 0.923 bits per heavy atom. The fourth-order valence-corrected chi connectivity index (χ4v) is 2.76. The van der Waals surface area contributed by atoms with Crippen LogP contribution in [0.4, 0.5) is 4.79 Å². The van der Waals surface area contributed by atoms with Crippen molar-refractivity contribution >= 4 is 27.9 Å². The number of carbonyl (C=O) groups excluding carboxylic acids is 2. The molecule has 2 aromatic carbocycles. The van der Waals surface area contributed by atoms with E-state index < -0.39 is 12.0 Å². The zero-order valence-corrected chi connectivity index (χ0v) is 15.3. The fraction of sp³-hybridized carbons (Fsp3) is 0.0526. The molecular weight excluding hydrogens is 398 g/mol. The molecule has 132 valence electrons. The second-order valence-corrected chi connectivity index (χ2v) is 6.21. The summed E-state index contributed by atoms with van der Waals surface area (Å²) in [5.74, 6) is -0.438. The molecule has 0 radical (unpaired) electrons. The summed E-state index contributed by atoms with van der Waals surface area (Å²) in [7, 11) is 0. The van der Waals surface area contributed by atoms with Gasteiger partial charge in [0.15, 0.2) is 0 Å². The van der Waals surface area contributed by atoms with Crippen molar-refractivity contribution in [2.24, 2.45) is 0 Å². The van der Waals surface area contributed by atoms with Gasteiger partial charge in [0.25, 0.3) is 5.91 Å². The topological polar surface area (TPSA) is 72.4 Å². The molecule has 3 aromatic rings. The Kier molecular flexibility index (Phi) is 5.70. The van der Waals surface area contributed by atoms with Gasteiger partial charge in [0.05, 0.1) is 11.3 Å². The maximum Gasteiger partial charge on any atom is 0.426 e. The highest BCUT2D eigenvalue weighted by molar-refractivity contribution is 9.10. The summed E-state index contributed by atoms with van der Waals surface area (Å²) in [6, 6.07) is 18.2. The van der Waals surface area contributed by atoms with Crippen molar-refractivity contribution in [1.29, 1.82) is 0 Å². The van der Waals surface area contributed by atoms with Crippen LogP contribution in [-0.2, 0) is 11.3 Å². The van der Waals surface area contributed by atoms with Crippen LogP contribution in [0.15, 0.2) is 77.5 Å². The first-order chi connectivity index (χ1) is 12.6. The Morgan fingerprint density at radius 3 is 2.38 bits per heavy atom. The van der Waals surface area contributed by atoms with Gasteiger partial charge in [-0.05, 0) is 30.3 Å². The van der Waals surface area contributed by atoms with Crippen LogP contribution in [-0.4, -0.2) is 16.6 Å². The van der Waals surface area contributed by atoms with Crippen LogP contribution in [0.3, 0.4) is 0 Å². The van der Waals surface area contributed by atoms with E-state index in [1.54, 1.807) is 12.1 Å². The van der Waals surface area contributed by atoms with E-state index in [2.05, 4.69) is 26.8 Å². The van der Waals surface area contributed by atoms with Gasteiger partial charge in [-0.15, -0.1) is 0 Å². The molecule has 0 aliphatic heterocycles. The number of nitrogens with zero attached hydrogens (tertiary/aromatic N) is 1. The van der Waals surface area contributed by atoms with Crippen molar-refractivity contribution in [1.82, 2.24) is 15.4 Å². The number of hydrogen-bond acceptors (Lipinski definition) is 3. The van der Waals surface area contributed by atoms with Gasteiger partial charge < -0.3 is 9.30 Å². The molecule has 1 heterocycles. The molecule has 2 N–H and O–H groups in total. The van der Waals surface area contributed by atoms with Crippen LogP contribution in [0.1, 0.15) is 15.9 Å². The number of hydrazine groups is 1. The van der Waals surface area contributed by atoms with E-state index in [0.29, 0.717) is 11.3 Å². The maximum absolute atomic E-state index is 12.4. The van der Waals surface area contributed by atoms with Crippen LogP contribution < -0.4 is 10.9 Å². The normalized spacial score (nSPS) is 10.2. The lowest BCUT2D eigenvalue weighted by atomic mass is 10.1. The standard InChI is InChI=1S/C19H16BrN3O3/c20-16-9-3-1-7-14(16)13-26-19(25)22-21-18(24)15-8-2-4-10-17(15)23-11-5-6-12-23/h1-12H,13H2,(H,21,24)(H,22,25). The van der Waals surface area contributed by atoms with E-state index in [0.717, 1.165) is 10.0 Å². The molecule has 0 fully saturated rings. The van der Waals surface area contributed by atoms with Gasteiger partial charge in [0.2, 0.25) is 0 Å². The Labute approximate surface area is 158 Å². The molecular formula is C19H16BrN3O3. The number of amides is 2. The van der Waals surface area contributed by atoms with Crippen LogP contribution >= 0.6 is 15.9 Å². The van der Waals surface area contributed by atoms with Crippen LogP contribution in [0.5, 0.6) is 0 Å². The molecule has 0 aliphatic carbocycles. The number of rotatable bonds is 4. The first kappa shape index (κ1) is 17.8. The summed E-state index contributed by atoms with van der Waals surface area (Å²) in [6.45, 7) is 0.0864. The van der Waals surface area contributed by atoms with Gasteiger partial charge in [0.1, 0.15) is 6.61 Å². The quantitative estimate of drug-likeness (QED) is 0.638. The third kappa shape index (κ3) is 4.31. The second kappa shape index (κ2) is 8.35. The van der Waals surface area contributed by atoms with Crippen LogP contribution in [0.2, 0.25) is 0 Å². The summed E-state index contributed by atoms with van der Waals surface area (Å²) in [5.41, 5.74) is 6.58. The summed E-state index contributed by atoms with van der Waals surface area (Å²) in [6.07, 6.45) is 2.93. The van der Waals surface area contributed by atoms with Gasteiger partial charge >= 0.3 is 6.09 Å². The predicted octanol–water partition coefficient (Wildman–Crippen LogP) is 3.81. The highest BCUT2D eigenvalue weighted by Gasteiger charge is 2.13. The maximum atomic E-state index is 12.4. The summed E-state index contributed by atoms with van der Waals surface area (Å²) in [5, 5.41) is 0. The van der Waals surface area contributed by atoms with E-state index in [1.807, 2.05) is 65.5 Å². The first-order valence-electron chi connectivity index (χ1n) is 7.84. The van der Waals surface area contributed by atoms with Gasteiger partial charge in [-0.3, -0.25) is 10.2 Å². The molecule has 0 bridgehead atoms. The zero-order chi connectivity index (χ0) is 18.4. The average molecular weight is 414 g/mol. The van der Waals surface area contributed by atoms with E-state index in [-0.39, 0.29) is 6.61 Å². The smallest absolute Gasteiger partial charge is 0.426 e. The van der Waals surface area contributed by atoms with Crippen molar-refractivity contribution in [3.8, 4) is 5.69 Å². The number of para-hydroxylation sites is 1. The minimum Gasteiger partial charge on any atom is -0.443 e. The molecule has 7 heteroatoms.